The average molecular weight is 528 g/mol. The van der Waals surface area contributed by atoms with E-state index in [0.717, 1.165) is 42.5 Å². The van der Waals surface area contributed by atoms with Crippen molar-refractivity contribution >= 4 is 56.6 Å². The van der Waals surface area contributed by atoms with Crippen molar-refractivity contribution in [3.05, 3.63) is 58.1 Å². The summed E-state index contributed by atoms with van der Waals surface area (Å²) in [4.78, 5) is 14.3. The highest BCUT2D eigenvalue weighted by molar-refractivity contribution is 9.10. The monoisotopic (exact) mass is 527 g/mol. The Morgan fingerprint density at radius 3 is 2.56 bits per heavy atom. The van der Waals surface area contributed by atoms with Crippen molar-refractivity contribution in [3.63, 3.8) is 0 Å². The van der Waals surface area contributed by atoms with Crippen LogP contribution >= 0.6 is 28.1 Å². The van der Waals surface area contributed by atoms with Gasteiger partial charge < -0.3 is 15.0 Å². The normalized spacial score (nSPS) is 14.0. The van der Waals surface area contributed by atoms with Gasteiger partial charge in [0.05, 0.1) is 24.0 Å². The van der Waals surface area contributed by atoms with Crippen LogP contribution in [0.4, 0.5) is 24.5 Å². The Morgan fingerprint density at radius 2 is 1.91 bits per heavy atom. The zero-order chi connectivity index (χ0) is 23.3. The molecule has 170 valence electrons. The number of methoxy groups -OCH3 is 1. The van der Waals surface area contributed by atoms with Crippen molar-refractivity contribution in [3.8, 4) is 5.75 Å². The molecular formula is C22H21BrF3N3O2S. The molecule has 0 radical (unpaired) electrons. The molecule has 32 heavy (non-hydrogen) atoms. The summed E-state index contributed by atoms with van der Waals surface area (Å²) in [5.74, 6) is 0.0522. The predicted octanol–water partition coefficient (Wildman–Crippen LogP) is 5.60. The molecule has 1 fully saturated rings. The molecule has 10 heteroatoms. The third kappa shape index (κ3) is 6.23. The number of halogens is 4. The quantitative estimate of drug-likeness (QED) is 0.391. The number of ether oxygens (including phenoxy) is 1. The minimum atomic E-state index is -4.49. The van der Waals surface area contributed by atoms with E-state index < -0.39 is 17.6 Å². The summed E-state index contributed by atoms with van der Waals surface area (Å²) in [6.07, 6.45) is 0.265. The van der Waals surface area contributed by atoms with Crippen LogP contribution < -0.4 is 20.3 Å². The van der Waals surface area contributed by atoms with Crippen LogP contribution in [0.15, 0.2) is 46.9 Å². The first-order valence-electron chi connectivity index (χ1n) is 9.77. The molecule has 1 amide bonds. The predicted molar refractivity (Wildman–Crippen MR) is 127 cm³/mol. The van der Waals surface area contributed by atoms with Gasteiger partial charge in [0.25, 0.3) is 0 Å². The number of amides is 1. The molecule has 0 spiro atoms. The van der Waals surface area contributed by atoms with Crippen LogP contribution in [0.25, 0.3) is 6.08 Å². The maximum Gasteiger partial charge on any atom is 0.416 e. The van der Waals surface area contributed by atoms with Gasteiger partial charge in [0, 0.05) is 29.2 Å². The van der Waals surface area contributed by atoms with Crippen LogP contribution in [0.2, 0.25) is 0 Å². The number of rotatable bonds is 5. The molecule has 2 N–H and O–H groups in total. The summed E-state index contributed by atoms with van der Waals surface area (Å²) < 4.78 is 45.7. The second-order valence-corrected chi connectivity index (χ2v) is 8.41. The smallest absolute Gasteiger partial charge is 0.416 e. The fraction of sp³-hybridized carbons (Fsp3) is 0.273. The summed E-state index contributed by atoms with van der Waals surface area (Å²) in [6.45, 7) is 1.49. The molecular weight excluding hydrogens is 507 g/mol. The van der Waals surface area contributed by atoms with Crippen molar-refractivity contribution in [1.29, 1.82) is 0 Å². The van der Waals surface area contributed by atoms with Gasteiger partial charge >= 0.3 is 6.18 Å². The molecule has 3 rings (SSSR count). The van der Waals surface area contributed by atoms with E-state index in [2.05, 4.69) is 26.6 Å². The summed E-state index contributed by atoms with van der Waals surface area (Å²) in [7, 11) is 1.52. The minimum Gasteiger partial charge on any atom is -0.496 e. The molecule has 1 aliphatic rings. The lowest BCUT2D eigenvalue weighted by Gasteiger charge is -2.23. The Labute approximate surface area is 197 Å². The summed E-state index contributed by atoms with van der Waals surface area (Å²) >= 11 is 8.53. The van der Waals surface area contributed by atoms with E-state index in [0.29, 0.717) is 17.0 Å². The van der Waals surface area contributed by atoms with Crippen LogP contribution in [0, 0.1) is 0 Å². The molecule has 0 saturated carbocycles. The number of hydrogen-bond donors (Lipinski definition) is 2. The Kier molecular flexibility index (Phi) is 7.78. The maximum absolute atomic E-state index is 13.2. The number of nitrogens with zero attached hydrogens (tertiary/aromatic N) is 1. The van der Waals surface area contributed by atoms with E-state index in [4.69, 9.17) is 17.0 Å². The summed E-state index contributed by atoms with van der Waals surface area (Å²) in [5.41, 5.74) is 0.690. The molecule has 1 saturated heterocycles. The van der Waals surface area contributed by atoms with E-state index in [1.54, 1.807) is 18.2 Å². The first kappa shape index (κ1) is 24.1. The molecule has 0 aliphatic carbocycles. The van der Waals surface area contributed by atoms with Crippen LogP contribution in [0.1, 0.15) is 24.0 Å². The van der Waals surface area contributed by atoms with Gasteiger partial charge in [-0.2, -0.15) is 13.2 Å². The Morgan fingerprint density at radius 1 is 1.19 bits per heavy atom. The highest BCUT2D eigenvalue weighted by Crippen LogP contribution is 2.36. The third-order valence-electron chi connectivity index (χ3n) is 4.86. The number of carbonyl (C=O) groups excluding carboxylic acids is 1. The zero-order valence-corrected chi connectivity index (χ0v) is 19.5. The number of anilines is 2. The highest BCUT2D eigenvalue weighted by atomic mass is 79.9. The summed E-state index contributed by atoms with van der Waals surface area (Å²) in [6, 6.07) is 8.83. The molecule has 0 aromatic heterocycles. The van der Waals surface area contributed by atoms with Gasteiger partial charge in [-0.15, -0.1) is 0 Å². The average Bonchev–Trinajstić information content (AvgIpc) is 3.26. The van der Waals surface area contributed by atoms with E-state index in [1.165, 1.54) is 19.3 Å². The van der Waals surface area contributed by atoms with Crippen molar-refractivity contribution in [2.75, 3.05) is 30.4 Å². The van der Waals surface area contributed by atoms with Crippen LogP contribution in [-0.2, 0) is 11.0 Å². The summed E-state index contributed by atoms with van der Waals surface area (Å²) in [5, 5.41) is 5.12. The lowest BCUT2D eigenvalue weighted by Crippen LogP contribution is -2.33. The van der Waals surface area contributed by atoms with Gasteiger partial charge in [-0.05, 0) is 67.5 Å². The number of hydrogen-bond acceptors (Lipinski definition) is 4. The second-order valence-electron chi connectivity index (χ2n) is 7.09. The van der Waals surface area contributed by atoms with E-state index >= 15 is 0 Å². The maximum atomic E-state index is 13.2. The van der Waals surface area contributed by atoms with E-state index in [1.807, 2.05) is 11.0 Å². The topological polar surface area (TPSA) is 53.6 Å². The molecule has 2 aromatic carbocycles. The molecule has 2 aromatic rings. The van der Waals surface area contributed by atoms with E-state index in [-0.39, 0.29) is 10.8 Å². The van der Waals surface area contributed by atoms with E-state index in [9.17, 15) is 18.0 Å². The van der Waals surface area contributed by atoms with Gasteiger partial charge in [-0.3, -0.25) is 10.1 Å². The molecule has 0 bridgehead atoms. The molecule has 0 atom stereocenters. The number of benzene rings is 2. The number of alkyl halides is 3. The highest BCUT2D eigenvalue weighted by Gasteiger charge is 2.31. The molecule has 0 unspecified atom stereocenters. The van der Waals surface area contributed by atoms with Gasteiger partial charge in [0.2, 0.25) is 5.91 Å². The SMILES string of the molecule is COc1ccc(Br)cc1/C=C/C(=O)NC(=S)Nc1cc(C(F)(F)F)ccc1N1CCCC1. The van der Waals surface area contributed by atoms with Crippen LogP contribution in [0.3, 0.4) is 0 Å². The minimum absolute atomic E-state index is 0.0966. The van der Waals surface area contributed by atoms with Gasteiger partial charge in [-0.1, -0.05) is 15.9 Å². The first-order valence-corrected chi connectivity index (χ1v) is 11.0. The molecule has 1 heterocycles. The number of thiocarbonyl (C=S) groups is 1. The second kappa shape index (κ2) is 10.4. The largest absolute Gasteiger partial charge is 0.496 e. The Balaban J connectivity index is 1.73. The standard InChI is InChI=1S/C22H21BrF3N3O2S/c1-31-19-8-6-16(23)12-14(19)4-9-20(30)28-21(32)27-17-13-15(22(24,25)26)5-7-18(17)29-10-2-3-11-29/h4-9,12-13H,2-3,10-11H2,1H3,(H2,27,28,30,32)/b9-4+. The Bertz CT molecular complexity index is 1040. The number of carbonyl (C=O) groups is 1. The fourth-order valence-electron chi connectivity index (χ4n) is 3.35. The zero-order valence-electron chi connectivity index (χ0n) is 17.1. The van der Waals surface area contributed by atoms with Crippen LogP contribution in [-0.4, -0.2) is 31.2 Å². The lowest BCUT2D eigenvalue weighted by atomic mass is 10.1. The van der Waals surface area contributed by atoms with Gasteiger partial charge in [0.1, 0.15) is 5.75 Å². The number of nitrogens with one attached hydrogen (secondary N) is 2. The van der Waals surface area contributed by atoms with Crippen molar-refractivity contribution in [2.24, 2.45) is 0 Å². The Hall–Kier alpha value is -2.59. The molecule has 5 nitrogen and oxygen atoms in total. The van der Waals surface area contributed by atoms with Crippen LogP contribution in [0.5, 0.6) is 5.75 Å². The van der Waals surface area contributed by atoms with Crippen molar-refractivity contribution in [2.45, 2.75) is 19.0 Å². The molecule has 1 aliphatic heterocycles. The first-order chi connectivity index (χ1) is 15.2. The van der Waals surface area contributed by atoms with Gasteiger partial charge in [0.15, 0.2) is 5.11 Å². The van der Waals surface area contributed by atoms with Crippen molar-refractivity contribution < 1.29 is 22.7 Å². The van der Waals surface area contributed by atoms with Gasteiger partial charge in [-0.25, -0.2) is 0 Å². The fourth-order valence-corrected chi connectivity index (χ4v) is 3.94. The third-order valence-corrected chi connectivity index (χ3v) is 5.56. The van der Waals surface area contributed by atoms with Crippen molar-refractivity contribution in [1.82, 2.24) is 5.32 Å². The lowest BCUT2D eigenvalue weighted by molar-refractivity contribution is -0.137.